The van der Waals surface area contributed by atoms with Gasteiger partial charge in [0.05, 0.1) is 10.4 Å². The summed E-state index contributed by atoms with van der Waals surface area (Å²) in [5, 5.41) is 26.8. The van der Waals surface area contributed by atoms with Gasteiger partial charge in [-0.25, -0.2) is 0 Å². The Balaban J connectivity index is 1.47. The molecule has 0 spiro atoms. The van der Waals surface area contributed by atoms with E-state index in [-0.39, 0.29) is 12.5 Å². The molecule has 3 aromatic heterocycles. The number of fused-ring (bicyclic) bond motifs is 1. The molecule has 0 unspecified atom stereocenters. The van der Waals surface area contributed by atoms with Crippen LogP contribution >= 0.6 is 22.7 Å². The molecule has 3 aromatic rings. The molecule has 1 N–H and O–H groups in total. The van der Waals surface area contributed by atoms with Crippen molar-refractivity contribution in [2.75, 3.05) is 5.32 Å². The van der Waals surface area contributed by atoms with Gasteiger partial charge in [-0.1, -0.05) is 6.07 Å². The molecule has 0 saturated carbocycles. The summed E-state index contributed by atoms with van der Waals surface area (Å²) >= 11 is 3.01. The molecule has 120 valence electrons. The molecule has 0 fully saturated rings. The first-order chi connectivity index (χ1) is 11.7. The number of nitrogens with zero attached hydrogens (tertiary/aromatic N) is 5. The van der Waals surface area contributed by atoms with E-state index in [1.54, 1.807) is 0 Å². The molecule has 1 amide bonds. The second-order valence-corrected chi connectivity index (χ2v) is 7.40. The van der Waals surface area contributed by atoms with E-state index in [4.69, 9.17) is 0 Å². The SMILES string of the molecule is N#Cc1c(NC(=O)Cn2nnc(-c3cccs3)n2)sc2c1CCC2. The minimum atomic E-state index is -0.262. The smallest absolute Gasteiger partial charge is 0.248 e. The Labute approximate surface area is 145 Å². The van der Waals surface area contributed by atoms with Gasteiger partial charge in [-0.2, -0.15) is 10.1 Å². The number of hydrogen-bond donors (Lipinski definition) is 1. The van der Waals surface area contributed by atoms with Crippen LogP contribution in [0.25, 0.3) is 10.7 Å². The molecule has 1 aliphatic carbocycles. The maximum absolute atomic E-state index is 12.2. The van der Waals surface area contributed by atoms with Crippen molar-refractivity contribution in [3.05, 3.63) is 33.5 Å². The first kappa shape index (κ1) is 15.0. The van der Waals surface area contributed by atoms with Crippen LogP contribution in [0, 0.1) is 11.3 Å². The lowest BCUT2D eigenvalue weighted by molar-refractivity contribution is -0.117. The number of anilines is 1. The first-order valence-corrected chi connectivity index (χ1v) is 9.10. The van der Waals surface area contributed by atoms with Gasteiger partial charge in [-0.05, 0) is 41.5 Å². The molecular formula is C15H12N6OS2. The Morgan fingerprint density at radius 3 is 3.17 bits per heavy atom. The number of amides is 1. The molecule has 9 heteroatoms. The van der Waals surface area contributed by atoms with Crippen molar-refractivity contribution in [1.82, 2.24) is 20.2 Å². The lowest BCUT2D eigenvalue weighted by atomic mass is 10.1. The van der Waals surface area contributed by atoms with Crippen molar-refractivity contribution in [2.24, 2.45) is 0 Å². The molecule has 0 saturated heterocycles. The number of nitrogens with one attached hydrogen (secondary N) is 1. The van der Waals surface area contributed by atoms with Gasteiger partial charge in [0, 0.05) is 4.88 Å². The molecule has 24 heavy (non-hydrogen) atoms. The number of carbonyl (C=O) groups is 1. The highest BCUT2D eigenvalue weighted by molar-refractivity contribution is 7.16. The third kappa shape index (κ3) is 2.70. The fourth-order valence-corrected chi connectivity index (χ4v) is 4.62. The second kappa shape index (κ2) is 6.14. The first-order valence-electron chi connectivity index (χ1n) is 7.41. The molecule has 4 rings (SSSR count). The average Bonchev–Trinajstić information content (AvgIpc) is 3.31. The summed E-state index contributed by atoms with van der Waals surface area (Å²) in [5.41, 5.74) is 1.70. The minimum absolute atomic E-state index is 0.0359. The molecule has 0 atom stereocenters. The van der Waals surface area contributed by atoms with E-state index >= 15 is 0 Å². The van der Waals surface area contributed by atoms with Gasteiger partial charge in [-0.3, -0.25) is 4.79 Å². The second-order valence-electron chi connectivity index (χ2n) is 5.34. The third-order valence-electron chi connectivity index (χ3n) is 3.77. The zero-order valence-corrected chi connectivity index (χ0v) is 14.2. The van der Waals surface area contributed by atoms with E-state index in [9.17, 15) is 10.1 Å². The van der Waals surface area contributed by atoms with Crippen molar-refractivity contribution in [2.45, 2.75) is 25.8 Å². The van der Waals surface area contributed by atoms with Crippen molar-refractivity contribution in [3.8, 4) is 16.8 Å². The third-order valence-corrected chi connectivity index (χ3v) is 5.84. The molecular weight excluding hydrogens is 344 g/mol. The molecule has 7 nitrogen and oxygen atoms in total. The fraction of sp³-hybridized carbons (Fsp3) is 0.267. The fourth-order valence-electron chi connectivity index (χ4n) is 2.72. The highest BCUT2D eigenvalue weighted by atomic mass is 32.1. The molecule has 0 bridgehead atoms. The number of tetrazole rings is 1. The van der Waals surface area contributed by atoms with E-state index in [2.05, 4.69) is 26.8 Å². The zero-order valence-electron chi connectivity index (χ0n) is 12.5. The Hall–Kier alpha value is -2.57. The summed E-state index contributed by atoms with van der Waals surface area (Å²) in [5.74, 6) is 0.243. The summed E-state index contributed by atoms with van der Waals surface area (Å²) in [7, 11) is 0. The van der Waals surface area contributed by atoms with E-state index in [0.717, 1.165) is 29.7 Å². The number of aryl methyl sites for hydroxylation is 1. The molecule has 0 aliphatic heterocycles. The monoisotopic (exact) mass is 356 g/mol. The van der Waals surface area contributed by atoms with Crippen LogP contribution in [-0.4, -0.2) is 26.1 Å². The summed E-state index contributed by atoms with van der Waals surface area (Å²) < 4.78 is 0. The largest absolute Gasteiger partial charge is 0.315 e. The van der Waals surface area contributed by atoms with Gasteiger partial charge >= 0.3 is 0 Å². The van der Waals surface area contributed by atoms with Gasteiger partial charge in [0.15, 0.2) is 0 Å². The topological polar surface area (TPSA) is 96.5 Å². The predicted octanol–water partition coefficient (Wildman–Crippen LogP) is 2.46. The van der Waals surface area contributed by atoms with Gasteiger partial charge < -0.3 is 5.32 Å². The predicted molar refractivity (Wildman–Crippen MR) is 90.8 cm³/mol. The van der Waals surface area contributed by atoms with Crippen LogP contribution in [0.3, 0.4) is 0 Å². The van der Waals surface area contributed by atoms with Crippen LogP contribution in [-0.2, 0) is 24.2 Å². The number of nitriles is 1. The molecule has 0 aromatic carbocycles. The maximum atomic E-state index is 12.2. The van der Waals surface area contributed by atoms with Crippen molar-refractivity contribution in [1.29, 1.82) is 5.26 Å². The van der Waals surface area contributed by atoms with Crippen LogP contribution in [0.5, 0.6) is 0 Å². The summed E-state index contributed by atoms with van der Waals surface area (Å²) in [4.78, 5) is 15.6. The quantitative estimate of drug-likeness (QED) is 0.774. The Morgan fingerprint density at radius 2 is 2.38 bits per heavy atom. The highest BCUT2D eigenvalue weighted by Gasteiger charge is 2.23. The Bertz CT molecular complexity index is 934. The number of carbonyl (C=O) groups excluding carboxylic acids is 1. The van der Waals surface area contributed by atoms with Gasteiger partial charge in [-0.15, -0.1) is 32.9 Å². The lowest BCUT2D eigenvalue weighted by Gasteiger charge is -2.03. The van der Waals surface area contributed by atoms with Crippen molar-refractivity contribution < 1.29 is 4.79 Å². The summed E-state index contributed by atoms with van der Waals surface area (Å²) in [6, 6.07) is 6.03. The van der Waals surface area contributed by atoms with Crippen LogP contribution in [0.15, 0.2) is 17.5 Å². The number of hydrogen-bond acceptors (Lipinski definition) is 7. The van der Waals surface area contributed by atoms with E-state index < -0.39 is 0 Å². The summed E-state index contributed by atoms with van der Waals surface area (Å²) in [6.45, 7) is -0.0359. The van der Waals surface area contributed by atoms with Crippen LogP contribution in [0.4, 0.5) is 5.00 Å². The van der Waals surface area contributed by atoms with Gasteiger partial charge in [0.1, 0.15) is 17.6 Å². The standard InChI is InChI=1S/C15H12N6OS2/c16-7-10-9-3-1-4-11(9)24-15(10)17-13(22)8-21-19-14(18-20-21)12-5-2-6-23-12/h2,5-6H,1,3-4,8H2,(H,17,22). The van der Waals surface area contributed by atoms with Crippen LogP contribution in [0.2, 0.25) is 0 Å². The van der Waals surface area contributed by atoms with E-state index in [1.807, 2.05) is 17.5 Å². The van der Waals surface area contributed by atoms with Crippen molar-refractivity contribution >= 4 is 33.6 Å². The average molecular weight is 356 g/mol. The van der Waals surface area contributed by atoms with Gasteiger partial charge in [0.25, 0.3) is 0 Å². The normalized spacial score (nSPS) is 12.8. The van der Waals surface area contributed by atoms with Crippen LogP contribution in [0.1, 0.15) is 22.4 Å². The number of rotatable bonds is 4. The highest BCUT2D eigenvalue weighted by Crippen LogP contribution is 2.38. The maximum Gasteiger partial charge on any atom is 0.248 e. The lowest BCUT2D eigenvalue weighted by Crippen LogP contribution is -2.20. The van der Waals surface area contributed by atoms with Gasteiger partial charge in [0.2, 0.25) is 11.7 Å². The van der Waals surface area contributed by atoms with E-state index in [0.29, 0.717) is 16.4 Å². The van der Waals surface area contributed by atoms with Crippen molar-refractivity contribution in [3.63, 3.8) is 0 Å². The number of aromatic nitrogens is 4. The molecule has 1 aliphatic rings. The zero-order chi connectivity index (χ0) is 16.5. The Kier molecular flexibility index (Phi) is 3.84. The molecule has 3 heterocycles. The molecule has 0 radical (unpaired) electrons. The number of thiophene rings is 2. The minimum Gasteiger partial charge on any atom is -0.315 e. The van der Waals surface area contributed by atoms with Crippen LogP contribution < -0.4 is 5.32 Å². The summed E-state index contributed by atoms with van der Waals surface area (Å²) in [6.07, 6.45) is 2.98. The van der Waals surface area contributed by atoms with E-state index in [1.165, 1.54) is 32.3 Å². The Morgan fingerprint density at radius 1 is 1.46 bits per heavy atom.